The molecular formula is C19H26N2O3. The third kappa shape index (κ3) is 3.31. The summed E-state index contributed by atoms with van der Waals surface area (Å²) in [4.78, 5) is 28.9. The Morgan fingerprint density at radius 2 is 1.71 bits per heavy atom. The van der Waals surface area contributed by atoms with Gasteiger partial charge in [-0.3, -0.25) is 14.5 Å². The normalized spacial score (nSPS) is 28.5. The van der Waals surface area contributed by atoms with Gasteiger partial charge in [-0.15, -0.1) is 0 Å². The molecule has 3 unspecified atom stereocenters. The number of nitrogens with zero attached hydrogens (tertiary/aromatic N) is 2. The van der Waals surface area contributed by atoms with Gasteiger partial charge in [0.25, 0.3) is 5.91 Å². The quantitative estimate of drug-likeness (QED) is 0.797. The van der Waals surface area contributed by atoms with E-state index in [1.165, 1.54) is 11.3 Å². The number of anilines is 1. The average Bonchev–Trinajstić information content (AvgIpc) is 2.83. The summed E-state index contributed by atoms with van der Waals surface area (Å²) >= 11 is 0. The van der Waals surface area contributed by atoms with E-state index >= 15 is 0 Å². The van der Waals surface area contributed by atoms with Crippen molar-refractivity contribution in [3.8, 4) is 5.75 Å². The highest BCUT2D eigenvalue weighted by molar-refractivity contribution is 6.22. The van der Waals surface area contributed by atoms with Crippen LogP contribution < -0.4 is 9.64 Å². The molecule has 130 valence electrons. The lowest BCUT2D eigenvalue weighted by Crippen LogP contribution is -2.48. The zero-order chi connectivity index (χ0) is 17.3. The van der Waals surface area contributed by atoms with Crippen molar-refractivity contribution in [1.82, 2.24) is 4.90 Å². The molecule has 5 heteroatoms. The number of amides is 2. The van der Waals surface area contributed by atoms with E-state index in [0.717, 1.165) is 18.8 Å². The van der Waals surface area contributed by atoms with Crippen LogP contribution in [0.5, 0.6) is 5.75 Å². The Morgan fingerprint density at radius 1 is 1.08 bits per heavy atom. The first-order chi connectivity index (χ1) is 11.5. The number of hydrogen-bond donors (Lipinski definition) is 0. The van der Waals surface area contributed by atoms with Crippen LogP contribution in [0, 0.1) is 11.8 Å². The molecule has 0 radical (unpaired) electrons. The van der Waals surface area contributed by atoms with Gasteiger partial charge < -0.3 is 4.74 Å². The topological polar surface area (TPSA) is 49.9 Å². The van der Waals surface area contributed by atoms with Gasteiger partial charge in [0.1, 0.15) is 5.75 Å². The Balaban J connectivity index is 1.76. The van der Waals surface area contributed by atoms with Crippen LogP contribution in [-0.4, -0.2) is 42.5 Å². The van der Waals surface area contributed by atoms with Gasteiger partial charge in [0.05, 0.1) is 24.8 Å². The second-order valence-electron chi connectivity index (χ2n) is 7.11. The molecule has 2 aliphatic heterocycles. The minimum atomic E-state index is -0.311. The minimum absolute atomic E-state index is 0.0922. The summed E-state index contributed by atoms with van der Waals surface area (Å²) in [6.45, 7) is 8.74. The van der Waals surface area contributed by atoms with E-state index < -0.39 is 0 Å². The second kappa shape index (κ2) is 6.93. The van der Waals surface area contributed by atoms with Crippen LogP contribution in [0.25, 0.3) is 0 Å². The fourth-order valence-corrected chi connectivity index (χ4v) is 4.00. The number of imide groups is 1. The summed E-state index contributed by atoms with van der Waals surface area (Å²) < 4.78 is 5.42. The highest BCUT2D eigenvalue weighted by Crippen LogP contribution is 2.30. The average molecular weight is 330 g/mol. The van der Waals surface area contributed by atoms with Gasteiger partial charge in [-0.05, 0) is 49.4 Å². The second-order valence-corrected chi connectivity index (χ2v) is 7.11. The lowest BCUT2D eigenvalue weighted by atomic mass is 9.90. The molecule has 0 spiro atoms. The third-order valence-electron chi connectivity index (χ3n) is 4.87. The standard InChI is InChI=1S/C19H26N2O3/c1-4-24-16-7-5-15(6-8-16)21-18(22)10-17(19(21)23)20-11-13(2)9-14(3)12-20/h5-8,13-14,17H,4,9-12H2,1-3H3. The Labute approximate surface area is 143 Å². The predicted molar refractivity (Wildman–Crippen MR) is 93.0 cm³/mol. The summed E-state index contributed by atoms with van der Waals surface area (Å²) in [5.74, 6) is 1.67. The monoisotopic (exact) mass is 330 g/mol. The number of carbonyl (C=O) groups is 2. The fraction of sp³-hybridized carbons (Fsp3) is 0.579. The molecule has 0 saturated carbocycles. The van der Waals surface area contributed by atoms with Crippen LogP contribution in [0.4, 0.5) is 5.69 Å². The van der Waals surface area contributed by atoms with Crippen LogP contribution in [0.1, 0.15) is 33.6 Å². The lowest BCUT2D eigenvalue weighted by molar-refractivity contribution is -0.123. The number of hydrogen-bond acceptors (Lipinski definition) is 4. The van der Waals surface area contributed by atoms with E-state index in [9.17, 15) is 9.59 Å². The van der Waals surface area contributed by atoms with Crippen molar-refractivity contribution in [2.45, 2.75) is 39.7 Å². The van der Waals surface area contributed by atoms with Gasteiger partial charge in [0.15, 0.2) is 0 Å². The smallest absolute Gasteiger partial charge is 0.251 e. The van der Waals surface area contributed by atoms with Crippen molar-refractivity contribution in [2.24, 2.45) is 11.8 Å². The van der Waals surface area contributed by atoms with Gasteiger partial charge in [0, 0.05) is 13.1 Å². The zero-order valence-electron chi connectivity index (χ0n) is 14.7. The van der Waals surface area contributed by atoms with E-state index in [2.05, 4.69) is 18.7 Å². The van der Waals surface area contributed by atoms with Crippen molar-refractivity contribution >= 4 is 17.5 Å². The van der Waals surface area contributed by atoms with E-state index in [-0.39, 0.29) is 24.3 Å². The number of likely N-dealkylation sites (tertiary alicyclic amines) is 1. The van der Waals surface area contributed by atoms with Crippen LogP contribution in [0.15, 0.2) is 24.3 Å². The van der Waals surface area contributed by atoms with Crippen molar-refractivity contribution in [2.75, 3.05) is 24.6 Å². The number of piperidine rings is 1. The van der Waals surface area contributed by atoms with Crippen LogP contribution >= 0.6 is 0 Å². The molecule has 2 aliphatic rings. The molecule has 0 aliphatic carbocycles. The molecule has 2 heterocycles. The molecule has 0 N–H and O–H groups in total. The molecular weight excluding hydrogens is 304 g/mol. The molecule has 3 atom stereocenters. The summed E-state index contributed by atoms with van der Waals surface area (Å²) in [5, 5.41) is 0. The maximum absolute atomic E-state index is 12.9. The molecule has 24 heavy (non-hydrogen) atoms. The third-order valence-corrected chi connectivity index (χ3v) is 4.87. The summed E-state index contributed by atoms with van der Waals surface area (Å²) in [6.07, 6.45) is 1.47. The van der Waals surface area contributed by atoms with Crippen molar-refractivity contribution in [3.05, 3.63) is 24.3 Å². The predicted octanol–water partition coefficient (Wildman–Crippen LogP) is 2.70. The first kappa shape index (κ1) is 17.0. The van der Waals surface area contributed by atoms with E-state index in [4.69, 9.17) is 4.74 Å². The zero-order valence-corrected chi connectivity index (χ0v) is 14.7. The van der Waals surface area contributed by atoms with E-state index in [1.54, 1.807) is 24.3 Å². The van der Waals surface area contributed by atoms with Crippen molar-refractivity contribution in [3.63, 3.8) is 0 Å². The maximum atomic E-state index is 12.9. The molecule has 2 fully saturated rings. The van der Waals surface area contributed by atoms with Gasteiger partial charge in [-0.1, -0.05) is 13.8 Å². The Kier molecular flexibility index (Phi) is 4.90. The molecule has 5 nitrogen and oxygen atoms in total. The molecule has 2 saturated heterocycles. The minimum Gasteiger partial charge on any atom is -0.494 e. The number of ether oxygens (including phenoxy) is 1. The fourth-order valence-electron chi connectivity index (χ4n) is 4.00. The Bertz CT molecular complexity index is 604. The number of benzene rings is 1. The van der Waals surface area contributed by atoms with Crippen LogP contribution in [0.3, 0.4) is 0 Å². The van der Waals surface area contributed by atoms with Gasteiger partial charge in [-0.2, -0.15) is 0 Å². The summed E-state index contributed by atoms with van der Waals surface area (Å²) in [5.41, 5.74) is 0.633. The Morgan fingerprint density at radius 3 is 2.29 bits per heavy atom. The molecule has 0 aromatic heterocycles. The summed E-state index contributed by atoms with van der Waals surface area (Å²) in [6, 6.07) is 6.86. The lowest BCUT2D eigenvalue weighted by Gasteiger charge is -2.37. The summed E-state index contributed by atoms with van der Waals surface area (Å²) in [7, 11) is 0. The highest BCUT2D eigenvalue weighted by Gasteiger charge is 2.44. The first-order valence-corrected chi connectivity index (χ1v) is 8.83. The Hall–Kier alpha value is -1.88. The molecule has 1 aromatic rings. The van der Waals surface area contributed by atoms with Gasteiger partial charge in [-0.25, -0.2) is 4.90 Å². The van der Waals surface area contributed by atoms with Gasteiger partial charge >= 0.3 is 0 Å². The van der Waals surface area contributed by atoms with Crippen LogP contribution in [-0.2, 0) is 9.59 Å². The van der Waals surface area contributed by atoms with Gasteiger partial charge in [0.2, 0.25) is 5.91 Å². The first-order valence-electron chi connectivity index (χ1n) is 8.83. The molecule has 0 bridgehead atoms. The van der Waals surface area contributed by atoms with Crippen LogP contribution in [0.2, 0.25) is 0 Å². The molecule has 3 rings (SSSR count). The van der Waals surface area contributed by atoms with Crippen molar-refractivity contribution < 1.29 is 14.3 Å². The largest absolute Gasteiger partial charge is 0.494 e. The van der Waals surface area contributed by atoms with E-state index in [1.807, 2.05) is 6.92 Å². The SMILES string of the molecule is CCOc1ccc(N2C(=O)CC(N3CC(C)CC(C)C3)C2=O)cc1. The van der Waals surface area contributed by atoms with Crippen molar-refractivity contribution in [1.29, 1.82) is 0 Å². The molecule has 1 aromatic carbocycles. The number of rotatable bonds is 4. The maximum Gasteiger partial charge on any atom is 0.251 e. The molecule has 2 amide bonds. The highest BCUT2D eigenvalue weighted by atomic mass is 16.5. The number of carbonyl (C=O) groups excluding carboxylic acids is 2. The van der Waals surface area contributed by atoms with E-state index in [0.29, 0.717) is 24.1 Å².